The zero-order valence-corrected chi connectivity index (χ0v) is 16.9. The van der Waals surface area contributed by atoms with Gasteiger partial charge >= 0.3 is 11.9 Å². The molecule has 0 unspecified atom stereocenters. The molecule has 7 nitrogen and oxygen atoms in total. The second kappa shape index (κ2) is 8.65. The maximum Gasteiger partial charge on any atom is 0.338 e. The Balaban J connectivity index is 2.17. The van der Waals surface area contributed by atoms with Crippen LogP contribution >= 0.6 is 0 Å². The molecular weight excluding hydrogens is 388 g/mol. The Morgan fingerprint density at radius 3 is 2.63 bits per heavy atom. The maximum absolute atomic E-state index is 12.4. The molecule has 0 amide bonds. The number of carbonyl (C=O) groups excluding carboxylic acids is 2. The number of hydrogen-bond acceptors (Lipinski definition) is 7. The fraction of sp³-hybridized carbons (Fsp3) is 0.391. The predicted molar refractivity (Wildman–Crippen MR) is 110 cm³/mol. The number of benzene rings is 2. The Bertz CT molecular complexity index is 1150. The van der Waals surface area contributed by atoms with Gasteiger partial charge in [-0.05, 0) is 50.6 Å². The van der Waals surface area contributed by atoms with E-state index in [0.29, 0.717) is 22.3 Å². The standard InChI is InChI=1S/C23H26O7/c1-6-28-22(25)23(2,3)13-30-19-16(9-10-18(26-4)20(19)27-5)14-7-8-17-15(11-14)12-29-21(17)24/h7-11H,6,12-13H2,1-5H3/i4D3,5D3. The Morgan fingerprint density at radius 1 is 1.13 bits per heavy atom. The number of fused-ring (bicyclic) bond motifs is 1. The summed E-state index contributed by atoms with van der Waals surface area (Å²) in [5.74, 6) is -2.03. The van der Waals surface area contributed by atoms with Crippen LogP contribution in [0.2, 0.25) is 0 Å². The molecule has 2 aromatic rings. The van der Waals surface area contributed by atoms with Crippen molar-refractivity contribution in [2.75, 3.05) is 27.3 Å². The quantitative estimate of drug-likeness (QED) is 0.597. The van der Waals surface area contributed by atoms with Crippen molar-refractivity contribution in [1.29, 1.82) is 0 Å². The van der Waals surface area contributed by atoms with Gasteiger partial charge < -0.3 is 23.7 Å². The molecule has 1 aliphatic rings. The molecule has 30 heavy (non-hydrogen) atoms. The third-order valence-corrected chi connectivity index (χ3v) is 4.69. The Labute approximate surface area is 184 Å². The van der Waals surface area contributed by atoms with Gasteiger partial charge in [-0.2, -0.15) is 0 Å². The molecule has 1 heterocycles. The fourth-order valence-corrected chi connectivity index (χ4v) is 3.03. The number of carbonyl (C=O) groups is 2. The van der Waals surface area contributed by atoms with Crippen LogP contribution < -0.4 is 14.2 Å². The highest BCUT2D eigenvalue weighted by molar-refractivity contribution is 5.94. The minimum absolute atomic E-state index is 0.0625. The molecule has 0 bridgehead atoms. The lowest BCUT2D eigenvalue weighted by atomic mass is 9.95. The van der Waals surface area contributed by atoms with Crippen LogP contribution in [0.1, 0.15) is 44.9 Å². The van der Waals surface area contributed by atoms with Crippen molar-refractivity contribution >= 4 is 11.9 Å². The molecule has 0 N–H and O–H groups in total. The molecule has 0 saturated carbocycles. The van der Waals surface area contributed by atoms with Gasteiger partial charge in [0, 0.05) is 11.1 Å². The SMILES string of the molecule is [2H]C([2H])([2H])Oc1ccc(-c2ccc3c(c2)COC3=O)c(OCC(C)(C)C(=O)OCC)c1OC([2H])([2H])[2H]. The van der Waals surface area contributed by atoms with Crippen LogP contribution in [0, 0.1) is 5.41 Å². The molecule has 0 aliphatic carbocycles. The van der Waals surface area contributed by atoms with Gasteiger partial charge in [-0.3, -0.25) is 4.79 Å². The van der Waals surface area contributed by atoms with Crippen molar-refractivity contribution in [2.45, 2.75) is 27.4 Å². The molecule has 0 spiro atoms. The van der Waals surface area contributed by atoms with Gasteiger partial charge in [0.15, 0.2) is 11.5 Å². The lowest BCUT2D eigenvalue weighted by molar-refractivity contribution is -0.155. The molecule has 0 radical (unpaired) electrons. The fourth-order valence-electron chi connectivity index (χ4n) is 3.03. The first-order valence-corrected chi connectivity index (χ1v) is 9.27. The molecule has 0 aromatic heterocycles. The molecule has 3 rings (SSSR count). The van der Waals surface area contributed by atoms with E-state index in [0.717, 1.165) is 0 Å². The van der Waals surface area contributed by atoms with E-state index in [2.05, 4.69) is 0 Å². The van der Waals surface area contributed by atoms with Gasteiger partial charge in [-0.15, -0.1) is 0 Å². The van der Waals surface area contributed by atoms with Crippen LogP contribution in [0.4, 0.5) is 0 Å². The first-order chi connectivity index (χ1) is 16.6. The molecular formula is C23H26O7. The average molecular weight is 420 g/mol. The second-order valence-electron chi connectivity index (χ2n) is 7.31. The number of rotatable bonds is 8. The van der Waals surface area contributed by atoms with Gasteiger partial charge in [-0.1, -0.05) is 6.07 Å². The van der Waals surface area contributed by atoms with Crippen LogP contribution in [0.5, 0.6) is 17.2 Å². The highest BCUT2D eigenvalue weighted by Gasteiger charge is 2.32. The van der Waals surface area contributed by atoms with Crippen LogP contribution in [0.15, 0.2) is 30.3 Å². The third-order valence-electron chi connectivity index (χ3n) is 4.69. The van der Waals surface area contributed by atoms with E-state index in [9.17, 15) is 9.59 Å². The summed E-state index contributed by atoms with van der Waals surface area (Å²) >= 11 is 0. The number of hydrogen-bond donors (Lipinski definition) is 0. The third kappa shape index (κ3) is 4.06. The predicted octanol–water partition coefficient (Wildman–Crippen LogP) is 4.01. The first-order valence-electron chi connectivity index (χ1n) is 12.3. The smallest absolute Gasteiger partial charge is 0.338 e. The minimum Gasteiger partial charge on any atom is -0.493 e. The van der Waals surface area contributed by atoms with Crippen molar-refractivity contribution in [3.8, 4) is 28.4 Å². The van der Waals surface area contributed by atoms with Crippen molar-refractivity contribution in [2.24, 2.45) is 5.41 Å². The van der Waals surface area contributed by atoms with Gasteiger partial charge in [0.05, 0.1) is 39.9 Å². The second-order valence-corrected chi connectivity index (χ2v) is 7.31. The zero-order chi connectivity index (χ0) is 26.9. The van der Waals surface area contributed by atoms with Crippen LogP contribution in [0.3, 0.4) is 0 Å². The highest BCUT2D eigenvalue weighted by atomic mass is 16.6. The molecule has 7 heteroatoms. The number of esters is 2. The number of cyclic esters (lactones) is 1. The molecule has 0 atom stereocenters. The van der Waals surface area contributed by atoms with Gasteiger partial charge in [0.25, 0.3) is 0 Å². The first kappa shape index (κ1) is 14.7. The lowest BCUT2D eigenvalue weighted by Crippen LogP contribution is -2.33. The summed E-state index contributed by atoms with van der Waals surface area (Å²) in [5, 5.41) is 0. The van der Waals surface area contributed by atoms with E-state index < -0.39 is 42.9 Å². The van der Waals surface area contributed by atoms with E-state index in [-0.39, 0.29) is 25.6 Å². The summed E-state index contributed by atoms with van der Waals surface area (Å²) in [6.45, 7) is 4.77. The van der Waals surface area contributed by atoms with Gasteiger partial charge in [0.1, 0.15) is 13.2 Å². The summed E-state index contributed by atoms with van der Waals surface area (Å²) < 4.78 is 71.4. The molecule has 0 fully saturated rings. The van der Waals surface area contributed by atoms with Crippen molar-refractivity contribution in [3.05, 3.63) is 41.5 Å². The number of ether oxygens (including phenoxy) is 5. The monoisotopic (exact) mass is 420 g/mol. The van der Waals surface area contributed by atoms with Crippen LogP contribution in [0.25, 0.3) is 11.1 Å². The minimum atomic E-state index is -2.99. The molecule has 160 valence electrons. The summed E-state index contributed by atoms with van der Waals surface area (Å²) in [6, 6.07) is 7.56. The number of methoxy groups -OCH3 is 2. The molecule has 0 saturated heterocycles. The van der Waals surface area contributed by atoms with E-state index in [1.165, 1.54) is 12.1 Å². The van der Waals surface area contributed by atoms with Crippen LogP contribution in [-0.2, 0) is 20.9 Å². The molecule has 1 aliphatic heterocycles. The summed E-state index contributed by atoms with van der Waals surface area (Å²) in [6.07, 6.45) is 0. The van der Waals surface area contributed by atoms with Crippen molar-refractivity contribution in [3.63, 3.8) is 0 Å². The van der Waals surface area contributed by atoms with Crippen molar-refractivity contribution < 1.29 is 41.5 Å². The van der Waals surface area contributed by atoms with E-state index in [1.54, 1.807) is 39.0 Å². The van der Waals surface area contributed by atoms with Crippen LogP contribution in [-0.4, -0.2) is 39.2 Å². The Morgan fingerprint density at radius 2 is 1.90 bits per heavy atom. The largest absolute Gasteiger partial charge is 0.493 e. The Kier molecular flexibility index (Phi) is 4.24. The van der Waals surface area contributed by atoms with Crippen molar-refractivity contribution in [1.82, 2.24) is 0 Å². The van der Waals surface area contributed by atoms with E-state index >= 15 is 0 Å². The van der Waals surface area contributed by atoms with Gasteiger partial charge in [0.2, 0.25) is 5.75 Å². The summed E-state index contributed by atoms with van der Waals surface area (Å²) in [7, 11) is -5.90. The highest BCUT2D eigenvalue weighted by Crippen LogP contribution is 2.45. The van der Waals surface area contributed by atoms with E-state index in [4.69, 9.17) is 31.9 Å². The van der Waals surface area contributed by atoms with E-state index in [1.807, 2.05) is 0 Å². The topological polar surface area (TPSA) is 80.3 Å². The lowest BCUT2D eigenvalue weighted by Gasteiger charge is -2.25. The normalized spacial score (nSPS) is 16.6. The van der Waals surface area contributed by atoms with Gasteiger partial charge in [-0.25, -0.2) is 4.79 Å². The molecule has 2 aromatic carbocycles. The summed E-state index contributed by atoms with van der Waals surface area (Å²) in [5.41, 5.74) is 0.673. The maximum atomic E-state index is 12.4. The summed E-state index contributed by atoms with van der Waals surface area (Å²) in [4.78, 5) is 24.3. The average Bonchev–Trinajstić information content (AvgIpc) is 3.12. The Hall–Kier alpha value is -3.22. The zero-order valence-electron chi connectivity index (χ0n) is 22.9.